The largest absolute Gasteiger partial charge is 0.462 e. The van der Waals surface area contributed by atoms with Gasteiger partial charge in [0.25, 0.3) is 0 Å². The summed E-state index contributed by atoms with van der Waals surface area (Å²) in [6.07, 6.45) is 84.7. The fraction of sp³-hybridized carbons (Fsp3) is 0.627. The number of carbonyl (C=O) groups is 3. The van der Waals surface area contributed by atoms with E-state index >= 15 is 0 Å². The predicted octanol–water partition coefficient (Wildman–Crippen LogP) is 20.2. The molecule has 0 aliphatic heterocycles. The summed E-state index contributed by atoms with van der Waals surface area (Å²) in [7, 11) is 0. The summed E-state index contributed by atoms with van der Waals surface area (Å²) in [4.78, 5) is 38.2. The second-order valence-electron chi connectivity index (χ2n) is 19.1. The van der Waals surface area contributed by atoms with Crippen LogP contribution in [0.25, 0.3) is 0 Å². The first-order valence-electron chi connectivity index (χ1n) is 29.7. The highest BCUT2D eigenvalue weighted by molar-refractivity contribution is 5.71. The van der Waals surface area contributed by atoms with Crippen LogP contribution in [0.15, 0.2) is 134 Å². The highest BCUT2D eigenvalue weighted by atomic mass is 16.6. The third-order valence-corrected chi connectivity index (χ3v) is 12.2. The molecule has 0 radical (unpaired) electrons. The van der Waals surface area contributed by atoms with E-state index in [1.807, 2.05) is 12.2 Å². The van der Waals surface area contributed by atoms with Gasteiger partial charge in [0.05, 0.1) is 0 Å². The quantitative estimate of drug-likeness (QED) is 0.0261. The van der Waals surface area contributed by atoms with Gasteiger partial charge in [0.1, 0.15) is 13.2 Å². The lowest BCUT2D eigenvalue weighted by Gasteiger charge is -2.18. The lowest BCUT2D eigenvalue weighted by molar-refractivity contribution is -0.166. The van der Waals surface area contributed by atoms with Crippen LogP contribution in [0.3, 0.4) is 0 Å². The number of carbonyl (C=O) groups excluding carboxylic acids is 3. The summed E-state index contributed by atoms with van der Waals surface area (Å²) in [6.45, 7) is 6.31. The molecule has 0 aliphatic carbocycles. The Balaban J connectivity index is 4.57. The van der Waals surface area contributed by atoms with Crippen LogP contribution in [0.2, 0.25) is 0 Å². The lowest BCUT2D eigenvalue weighted by atomic mass is 10.0. The minimum atomic E-state index is -0.836. The summed E-state index contributed by atoms with van der Waals surface area (Å²) in [5.74, 6) is -1.07. The molecule has 0 fully saturated rings. The van der Waals surface area contributed by atoms with Crippen molar-refractivity contribution >= 4 is 17.9 Å². The van der Waals surface area contributed by atoms with Crippen LogP contribution < -0.4 is 0 Å². The molecule has 0 aromatic heterocycles. The van der Waals surface area contributed by atoms with E-state index in [2.05, 4.69) is 142 Å². The molecule has 0 aliphatic rings. The number of allylic oxidation sites excluding steroid dienone is 22. The Kier molecular flexibility index (Phi) is 56.4. The van der Waals surface area contributed by atoms with Crippen molar-refractivity contribution in [3.05, 3.63) is 134 Å². The molecule has 0 aromatic carbocycles. The Morgan fingerprint density at radius 3 is 0.904 bits per heavy atom. The third kappa shape index (κ3) is 58.3. The molecule has 0 unspecified atom stereocenters. The molecule has 0 spiro atoms. The molecule has 6 nitrogen and oxygen atoms in total. The summed E-state index contributed by atoms with van der Waals surface area (Å²) in [5, 5.41) is 0. The number of unbranched alkanes of at least 4 members (excludes halogenated alkanes) is 19. The molecule has 73 heavy (non-hydrogen) atoms. The Labute approximate surface area is 449 Å². The summed E-state index contributed by atoms with van der Waals surface area (Å²) < 4.78 is 16.8. The molecular formula is C67H108O6. The third-order valence-electron chi connectivity index (χ3n) is 12.2. The van der Waals surface area contributed by atoms with Gasteiger partial charge < -0.3 is 14.2 Å². The first-order chi connectivity index (χ1) is 36.0. The van der Waals surface area contributed by atoms with Gasteiger partial charge in [-0.3, -0.25) is 14.4 Å². The molecule has 0 rings (SSSR count). The summed E-state index contributed by atoms with van der Waals surface area (Å²) in [6, 6.07) is 0. The van der Waals surface area contributed by atoms with Crippen LogP contribution in [0, 0.1) is 0 Å². The molecular weight excluding hydrogens is 901 g/mol. The second kappa shape index (κ2) is 60.1. The van der Waals surface area contributed by atoms with E-state index < -0.39 is 6.10 Å². The maximum atomic E-state index is 12.9. The van der Waals surface area contributed by atoms with Gasteiger partial charge in [0.2, 0.25) is 0 Å². The van der Waals surface area contributed by atoms with E-state index in [9.17, 15) is 14.4 Å². The SMILES string of the molecule is CC/C=C/C/C=C/C/C=C/C/C=C/C/C=C/C/C=C/CCC(=O)OC[C@@H](COC(=O)CCC/C=C/C/C=C/C/C=C/C/C=C/C/C=C/CC)OC(=O)CCCCCCCCCCCCCCCCCCCCC. The molecule has 0 saturated carbocycles. The van der Waals surface area contributed by atoms with Gasteiger partial charge in [-0.1, -0.05) is 270 Å². The van der Waals surface area contributed by atoms with Crippen molar-refractivity contribution in [3.63, 3.8) is 0 Å². The van der Waals surface area contributed by atoms with Crippen molar-refractivity contribution in [1.82, 2.24) is 0 Å². The lowest BCUT2D eigenvalue weighted by Crippen LogP contribution is -2.30. The smallest absolute Gasteiger partial charge is 0.306 e. The van der Waals surface area contributed by atoms with E-state index in [-0.39, 0.29) is 44.0 Å². The first-order valence-corrected chi connectivity index (χ1v) is 29.7. The van der Waals surface area contributed by atoms with E-state index in [4.69, 9.17) is 14.2 Å². The molecule has 412 valence electrons. The molecule has 0 heterocycles. The van der Waals surface area contributed by atoms with Gasteiger partial charge in [0.15, 0.2) is 6.10 Å². The average molecular weight is 1010 g/mol. The molecule has 6 heteroatoms. The molecule has 0 aromatic rings. The number of esters is 3. The number of hydrogen-bond donors (Lipinski definition) is 0. The van der Waals surface area contributed by atoms with Crippen molar-refractivity contribution in [2.45, 2.75) is 258 Å². The topological polar surface area (TPSA) is 78.9 Å². The fourth-order valence-electron chi connectivity index (χ4n) is 7.80. The van der Waals surface area contributed by atoms with E-state index in [0.717, 1.165) is 96.3 Å². The standard InChI is InChI=1S/C67H108O6/c1-4-7-10-13-16-19-22-25-28-31-33-36-39-42-45-48-51-54-57-60-66(69)72-63-64(62-71-65(68)59-56-53-50-47-44-41-38-35-30-27-24-21-18-15-12-9-6-3)73-67(70)61-58-55-52-49-46-43-40-37-34-32-29-26-23-20-17-14-11-8-5-2/h7,9-10,12,16,18-19,21,25,27-28,30,33,36,38,41-42,45,47,50-51,54,64H,4-6,8,11,13-15,17,20,22-24,26,29,31-32,34-35,37,39-40,43-44,46,48-49,52-53,55-63H2,1-3H3/b10-7+,12-9+,19-16+,21-18+,28-25+,30-27+,36-33+,41-38+,45-42+,50-47+,54-51+/t64-/m1/s1. The van der Waals surface area contributed by atoms with Crippen LogP contribution in [0.4, 0.5) is 0 Å². The van der Waals surface area contributed by atoms with E-state index in [0.29, 0.717) is 19.3 Å². The van der Waals surface area contributed by atoms with Crippen LogP contribution in [0.1, 0.15) is 252 Å². The molecule has 0 amide bonds. The van der Waals surface area contributed by atoms with Crippen molar-refractivity contribution in [2.24, 2.45) is 0 Å². The van der Waals surface area contributed by atoms with Gasteiger partial charge in [-0.25, -0.2) is 0 Å². The Morgan fingerprint density at radius 1 is 0.288 bits per heavy atom. The zero-order valence-corrected chi connectivity index (χ0v) is 47.1. The van der Waals surface area contributed by atoms with Crippen LogP contribution >= 0.6 is 0 Å². The second-order valence-corrected chi connectivity index (χ2v) is 19.1. The number of ether oxygens (including phenoxy) is 3. The average Bonchev–Trinajstić information content (AvgIpc) is 3.39. The maximum absolute atomic E-state index is 12.9. The number of rotatable bonds is 52. The molecule has 0 N–H and O–H groups in total. The van der Waals surface area contributed by atoms with Gasteiger partial charge in [0, 0.05) is 19.3 Å². The fourth-order valence-corrected chi connectivity index (χ4v) is 7.80. The van der Waals surface area contributed by atoms with Crippen molar-refractivity contribution < 1.29 is 28.6 Å². The zero-order chi connectivity index (χ0) is 52.9. The first kappa shape index (κ1) is 68.6. The number of hydrogen-bond acceptors (Lipinski definition) is 6. The van der Waals surface area contributed by atoms with Crippen molar-refractivity contribution in [1.29, 1.82) is 0 Å². The Bertz CT molecular complexity index is 1580. The highest BCUT2D eigenvalue weighted by Gasteiger charge is 2.19. The highest BCUT2D eigenvalue weighted by Crippen LogP contribution is 2.16. The van der Waals surface area contributed by atoms with Gasteiger partial charge >= 0.3 is 17.9 Å². The van der Waals surface area contributed by atoms with Crippen molar-refractivity contribution in [3.8, 4) is 0 Å². The Hall–Kier alpha value is -4.45. The zero-order valence-electron chi connectivity index (χ0n) is 47.1. The van der Waals surface area contributed by atoms with Crippen LogP contribution in [-0.4, -0.2) is 37.2 Å². The van der Waals surface area contributed by atoms with Gasteiger partial charge in [-0.2, -0.15) is 0 Å². The molecule has 1 atom stereocenters. The summed E-state index contributed by atoms with van der Waals surface area (Å²) in [5.41, 5.74) is 0. The predicted molar refractivity (Wildman–Crippen MR) is 316 cm³/mol. The van der Waals surface area contributed by atoms with E-state index in [1.54, 1.807) is 0 Å². The van der Waals surface area contributed by atoms with Crippen LogP contribution in [0.5, 0.6) is 0 Å². The van der Waals surface area contributed by atoms with Gasteiger partial charge in [-0.05, 0) is 96.3 Å². The minimum absolute atomic E-state index is 0.133. The minimum Gasteiger partial charge on any atom is -0.462 e. The van der Waals surface area contributed by atoms with Crippen molar-refractivity contribution in [2.75, 3.05) is 13.2 Å². The normalized spacial score (nSPS) is 13.1. The molecule has 0 saturated heterocycles. The van der Waals surface area contributed by atoms with Gasteiger partial charge in [-0.15, -0.1) is 0 Å². The maximum Gasteiger partial charge on any atom is 0.306 e. The molecule has 0 bridgehead atoms. The Morgan fingerprint density at radius 2 is 0.562 bits per heavy atom. The van der Waals surface area contributed by atoms with E-state index in [1.165, 1.54) is 103 Å². The monoisotopic (exact) mass is 1010 g/mol. The van der Waals surface area contributed by atoms with Crippen LogP contribution in [-0.2, 0) is 28.6 Å². The summed E-state index contributed by atoms with van der Waals surface area (Å²) >= 11 is 0.